The summed E-state index contributed by atoms with van der Waals surface area (Å²) in [5.41, 5.74) is 1.17. The van der Waals surface area contributed by atoms with E-state index in [0.717, 1.165) is 71.0 Å². The van der Waals surface area contributed by atoms with E-state index in [9.17, 15) is 19.2 Å². The van der Waals surface area contributed by atoms with Crippen molar-refractivity contribution >= 4 is 30.4 Å². The molecule has 0 aromatic carbocycles. The van der Waals surface area contributed by atoms with Crippen molar-refractivity contribution in [2.45, 2.75) is 138 Å². The minimum absolute atomic E-state index is 0.103. The number of hydrogen-bond acceptors (Lipinski definition) is 7. The predicted octanol–water partition coefficient (Wildman–Crippen LogP) is 8.32. The number of aliphatic hydroxyl groups excluding tert-OH is 1. The van der Waals surface area contributed by atoms with E-state index in [0.29, 0.717) is 29.5 Å². The zero-order valence-electron chi connectivity index (χ0n) is 32.9. The third-order valence-corrected chi connectivity index (χ3v) is 14.1. The van der Waals surface area contributed by atoms with Gasteiger partial charge in [-0.15, -0.1) is 0 Å². The summed E-state index contributed by atoms with van der Waals surface area (Å²) < 4.78 is 6.19. The number of aromatic nitrogens is 1. The van der Waals surface area contributed by atoms with E-state index < -0.39 is 11.0 Å². The van der Waals surface area contributed by atoms with Crippen LogP contribution in [-0.2, 0) is 19.1 Å². The van der Waals surface area contributed by atoms with Gasteiger partial charge in [-0.25, -0.2) is 9.78 Å². The molecule has 4 aliphatic rings. The summed E-state index contributed by atoms with van der Waals surface area (Å²) >= 11 is 0. The summed E-state index contributed by atoms with van der Waals surface area (Å²) in [5, 5.41) is 13.3. The van der Waals surface area contributed by atoms with Crippen molar-refractivity contribution in [2.24, 2.45) is 51.2 Å². The third kappa shape index (κ3) is 7.70. The number of allylic oxidation sites excluding steroid dienone is 1. The topological polar surface area (TPSA) is 135 Å². The number of carbonyl (C=O) groups is 4. The van der Waals surface area contributed by atoms with Crippen LogP contribution in [0.15, 0.2) is 35.5 Å². The molecule has 0 saturated heterocycles. The van der Waals surface area contributed by atoms with Crippen molar-refractivity contribution in [1.29, 1.82) is 0 Å². The SMILES string of the molecule is C/C(=C1/C2CCC3C(C)(CCC4C(C)(C)C(OC(=O)CC(C)(C)C=O)CCC43C)C2CCC1(CC=O)NC(=O)Nc1ccccn1)C(C)C.CO. The first-order chi connectivity index (χ1) is 23.9. The molecule has 0 aliphatic heterocycles. The summed E-state index contributed by atoms with van der Waals surface area (Å²) in [6.07, 6.45) is 11.6. The number of rotatable bonds is 9. The van der Waals surface area contributed by atoms with Gasteiger partial charge in [0.05, 0.1) is 12.0 Å². The Bertz CT molecular complexity index is 1460. The van der Waals surface area contributed by atoms with E-state index in [4.69, 9.17) is 9.84 Å². The monoisotopic (exact) mass is 707 g/mol. The van der Waals surface area contributed by atoms with Crippen LogP contribution < -0.4 is 10.6 Å². The quantitative estimate of drug-likeness (QED) is 0.134. The number of nitrogens with one attached hydrogen (secondary N) is 2. The van der Waals surface area contributed by atoms with Gasteiger partial charge >= 0.3 is 12.0 Å². The molecule has 0 radical (unpaired) electrons. The van der Waals surface area contributed by atoms with Gasteiger partial charge < -0.3 is 24.7 Å². The second kappa shape index (κ2) is 15.5. The average Bonchev–Trinajstić information content (AvgIpc) is 3.06. The van der Waals surface area contributed by atoms with Crippen LogP contribution in [0.2, 0.25) is 0 Å². The van der Waals surface area contributed by atoms with E-state index in [1.807, 2.05) is 12.1 Å². The minimum Gasteiger partial charge on any atom is -0.462 e. The fraction of sp³-hybridized carbons (Fsp3) is 0.738. The molecule has 0 spiro atoms. The van der Waals surface area contributed by atoms with Crippen molar-refractivity contribution in [1.82, 2.24) is 10.3 Å². The molecule has 1 aromatic rings. The van der Waals surface area contributed by atoms with Gasteiger partial charge in [-0.05, 0) is 116 Å². The molecule has 1 aromatic heterocycles. The lowest BCUT2D eigenvalue weighted by Crippen LogP contribution is -2.65. The van der Waals surface area contributed by atoms with E-state index in [1.54, 1.807) is 26.1 Å². The van der Waals surface area contributed by atoms with Crippen LogP contribution in [0, 0.1) is 51.2 Å². The van der Waals surface area contributed by atoms with Crippen LogP contribution in [0.5, 0.6) is 0 Å². The Morgan fingerprint density at radius 3 is 2.27 bits per heavy atom. The second-order valence-corrected chi connectivity index (χ2v) is 18.1. The van der Waals surface area contributed by atoms with Gasteiger partial charge in [-0.1, -0.05) is 67.0 Å². The zero-order chi connectivity index (χ0) is 38.0. The number of nitrogens with zero attached hydrogens (tertiary/aromatic N) is 1. The summed E-state index contributed by atoms with van der Waals surface area (Å²) in [4.78, 5) is 54.7. The molecule has 51 heavy (non-hydrogen) atoms. The highest BCUT2D eigenvalue weighted by molar-refractivity contribution is 5.89. The van der Waals surface area contributed by atoms with Crippen LogP contribution >= 0.6 is 0 Å². The molecule has 4 aliphatic carbocycles. The highest BCUT2D eigenvalue weighted by Gasteiger charge is 2.66. The summed E-state index contributed by atoms with van der Waals surface area (Å²) in [6.45, 7) is 19.9. The third-order valence-electron chi connectivity index (χ3n) is 14.1. The van der Waals surface area contributed by atoms with Gasteiger partial charge in [0.15, 0.2) is 0 Å². The fourth-order valence-electron chi connectivity index (χ4n) is 11.6. The van der Waals surface area contributed by atoms with Gasteiger partial charge in [-0.2, -0.15) is 0 Å². The predicted molar refractivity (Wildman–Crippen MR) is 201 cm³/mol. The van der Waals surface area contributed by atoms with Crippen LogP contribution in [0.4, 0.5) is 10.6 Å². The van der Waals surface area contributed by atoms with E-state index in [1.165, 1.54) is 11.1 Å². The Hall–Kier alpha value is -3.07. The molecule has 0 bridgehead atoms. The van der Waals surface area contributed by atoms with E-state index >= 15 is 0 Å². The summed E-state index contributed by atoms with van der Waals surface area (Å²) in [5.74, 6) is 2.19. The first-order valence-electron chi connectivity index (χ1n) is 19.2. The van der Waals surface area contributed by atoms with Gasteiger partial charge in [-0.3, -0.25) is 10.1 Å². The fourth-order valence-corrected chi connectivity index (χ4v) is 11.6. The molecular formula is C42H65N3O6. The first-order valence-corrected chi connectivity index (χ1v) is 19.2. The number of carbonyl (C=O) groups excluding carboxylic acids is 4. The Balaban J connectivity index is 0.00000286. The standard InChI is InChI=1S/C41H61N3O5.CH4O/c1-26(2)27(3)35-28-13-14-31-39(8,29(28)15-20-41(35,21-23-45)44-36(48)43-33-12-10-11-22-42-33)18-16-30-38(6,7)32(17-19-40(30,31)9)49-34(47)24-37(4,5)25-46;1-2/h10-12,22-23,25-26,28-32H,13-21,24H2,1-9H3,(H2,42,43,44,48);2H,1H3/b35-27+;. The number of aldehydes is 2. The number of aliphatic hydroxyl groups is 1. The van der Waals surface area contributed by atoms with Gasteiger partial charge in [0.25, 0.3) is 0 Å². The number of hydrogen-bond donors (Lipinski definition) is 3. The number of anilines is 1. The van der Waals surface area contributed by atoms with Crippen LogP contribution in [0.3, 0.4) is 0 Å². The number of ether oxygens (including phenoxy) is 1. The molecule has 284 valence electrons. The lowest BCUT2D eigenvalue weighted by atomic mass is 9.36. The molecule has 3 N–H and O–H groups in total. The number of esters is 1. The Kier molecular flexibility index (Phi) is 12.4. The number of fused-ring (bicyclic) bond motifs is 5. The average molecular weight is 708 g/mol. The maximum Gasteiger partial charge on any atom is 0.321 e. The molecule has 1 heterocycles. The van der Waals surface area contributed by atoms with Crippen LogP contribution in [0.25, 0.3) is 0 Å². The first kappa shape index (κ1) is 40.7. The highest BCUT2D eigenvalue weighted by atomic mass is 16.5. The summed E-state index contributed by atoms with van der Waals surface area (Å²) in [7, 11) is 1.00. The summed E-state index contributed by atoms with van der Waals surface area (Å²) in [6, 6.07) is 5.10. The van der Waals surface area contributed by atoms with Crippen molar-refractivity contribution in [3.63, 3.8) is 0 Å². The molecule has 5 rings (SSSR count). The molecule has 4 saturated carbocycles. The Labute approximate surface area is 306 Å². The zero-order valence-corrected chi connectivity index (χ0v) is 32.9. The van der Waals surface area contributed by atoms with Crippen LogP contribution in [0.1, 0.15) is 127 Å². The molecule has 9 heteroatoms. The maximum atomic E-state index is 13.5. The van der Waals surface area contributed by atoms with Crippen molar-refractivity contribution < 1.29 is 29.0 Å². The van der Waals surface area contributed by atoms with Crippen molar-refractivity contribution in [3.8, 4) is 0 Å². The van der Waals surface area contributed by atoms with Gasteiger partial charge in [0.1, 0.15) is 24.5 Å². The molecule has 8 atom stereocenters. The second-order valence-electron chi connectivity index (χ2n) is 18.1. The van der Waals surface area contributed by atoms with Crippen molar-refractivity contribution in [2.75, 3.05) is 12.4 Å². The number of urea groups is 1. The molecule has 8 unspecified atom stereocenters. The highest BCUT2D eigenvalue weighted by Crippen LogP contribution is 2.71. The maximum absolute atomic E-state index is 13.5. The van der Waals surface area contributed by atoms with Crippen molar-refractivity contribution in [3.05, 3.63) is 35.5 Å². The molecular weight excluding hydrogens is 642 g/mol. The lowest BCUT2D eigenvalue weighted by Gasteiger charge is -2.69. The Morgan fingerprint density at radius 1 is 0.980 bits per heavy atom. The van der Waals surface area contributed by atoms with Gasteiger partial charge in [0, 0.05) is 30.6 Å². The van der Waals surface area contributed by atoms with Gasteiger partial charge in [0.2, 0.25) is 0 Å². The Morgan fingerprint density at radius 2 is 1.67 bits per heavy atom. The normalized spacial score (nSPS) is 35.0. The molecule has 2 amide bonds. The number of pyridine rings is 1. The number of amides is 2. The smallest absolute Gasteiger partial charge is 0.321 e. The van der Waals surface area contributed by atoms with E-state index in [2.05, 4.69) is 64.1 Å². The van der Waals surface area contributed by atoms with Crippen LogP contribution in [-0.4, -0.2) is 53.4 Å². The largest absolute Gasteiger partial charge is 0.462 e. The molecule has 4 fully saturated rings. The molecule has 9 nitrogen and oxygen atoms in total. The van der Waals surface area contributed by atoms with E-state index in [-0.39, 0.29) is 53.1 Å². The lowest BCUT2D eigenvalue weighted by molar-refractivity contribution is -0.213. The minimum atomic E-state index is -0.733.